The van der Waals surface area contributed by atoms with E-state index in [2.05, 4.69) is 15.5 Å². The molecule has 1 saturated heterocycles. The van der Waals surface area contributed by atoms with Crippen LogP contribution in [-0.2, 0) is 14.3 Å². The fourth-order valence-corrected chi connectivity index (χ4v) is 3.20. The Morgan fingerprint density at radius 1 is 1.11 bits per heavy atom. The molecule has 2 amide bonds. The van der Waals surface area contributed by atoms with E-state index < -0.39 is 11.8 Å². The van der Waals surface area contributed by atoms with E-state index in [1.165, 1.54) is 0 Å². The Bertz CT molecular complexity index is 661. The summed E-state index contributed by atoms with van der Waals surface area (Å²) in [7, 11) is 0. The van der Waals surface area contributed by atoms with E-state index in [0.29, 0.717) is 32.1 Å². The molecule has 1 aromatic carbocycles. The first-order valence-electron chi connectivity index (χ1n) is 9.46. The molecule has 0 unspecified atom stereocenters. The average Bonchev–Trinajstić information content (AvgIpc) is 3.17. The molecule has 8 heteroatoms. The highest BCUT2D eigenvalue weighted by molar-refractivity contribution is 6.35. The number of morpholine rings is 1. The van der Waals surface area contributed by atoms with Crippen molar-refractivity contribution in [3.63, 3.8) is 0 Å². The minimum atomic E-state index is -0.606. The van der Waals surface area contributed by atoms with Crippen molar-refractivity contribution in [1.82, 2.24) is 15.5 Å². The summed E-state index contributed by atoms with van der Waals surface area (Å²) in [5.41, 5.74) is 1.01. The maximum Gasteiger partial charge on any atom is 0.309 e. The fraction of sp³-hybridized carbons (Fsp3) is 0.579. The molecule has 3 rings (SSSR count). The summed E-state index contributed by atoms with van der Waals surface area (Å²) in [6.45, 7) is 5.91. The van der Waals surface area contributed by atoms with Crippen molar-refractivity contribution in [2.75, 3.05) is 46.2 Å². The van der Waals surface area contributed by atoms with Gasteiger partial charge in [-0.2, -0.15) is 0 Å². The second kappa shape index (κ2) is 9.57. The van der Waals surface area contributed by atoms with Crippen LogP contribution in [-0.4, -0.2) is 62.9 Å². The lowest BCUT2D eigenvalue weighted by molar-refractivity contribution is -0.139. The van der Waals surface area contributed by atoms with E-state index in [4.69, 9.17) is 14.2 Å². The monoisotopic (exact) mass is 377 g/mol. The molecule has 1 atom stereocenters. The number of benzene rings is 1. The third-order valence-electron chi connectivity index (χ3n) is 4.75. The van der Waals surface area contributed by atoms with E-state index in [1.54, 1.807) is 0 Å². The normalized spacial score (nSPS) is 17.4. The topological polar surface area (TPSA) is 89.1 Å². The van der Waals surface area contributed by atoms with Crippen LogP contribution in [0.1, 0.15) is 31.4 Å². The number of carbonyl (C=O) groups excluding carboxylic acids is 2. The van der Waals surface area contributed by atoms with Gasteiger partial charge in [0.15, 0.2) is 11.5 Å². The van der Waals surface area contributed by atoms with Crippen molar-refractivity contribution in [3.8, 4) is 11.5 Å². The number of unbranched alkanes of at least 4 members (excludes halogenated alkanes) is 1. The zero-order valence-electron chi connectivity index (χ0n) is 15.7. The highest BCUT2D eigenvalue weighted by Gasteiger charge is 2.26. The van der Waals surface area contributed by atoms with Crippen LogP contribution in [0, 0.1) is 0 Å². The summed E-state index contributed by atoms with van der Waals surface area (Å²) in [5, 5.41) is 5.41. The van der Waals surface area contributed by atoms with E-state index in [9.17, 15) is 9.59 Å². The van der Waals surface area contributed by atoms with Gasteiger partial charge in [-0.15, -0.1) is 0 Å². The molecule has 2 aliphatic rings. The molecule has 2 heterocycles. The fourth-order valence-electron chi connectivity index (χ4n) is 3.20. The Labute approximate surface area is 159 Å². The van der Waals surface area contributed by atoms with Gasteiger partial charge in [0, 0.05) is 26.2 Å². The summed E-state index contributed by atoms with van der Waals surface area (Å²) < 4.78 is 16.3. The summed E-state index contributed by atoms with van der Waals surface area (Å²) in [6.07, 6.45) is 1.82. The van der Waals surface area contributed by atoms with Crippen LogP contribution >= 0.6 is 0 Å². The molecule has 2 N–H and O–H groups in total. The number of nitrogens with one attached hydrogen (secondary N) is 2. The van der Waals surface area contributed by atoms with Gasteiger partial charge in [-0.1, -0.05) is 19.4 Å². The standard InChI is InChI=1S/C19H27N3O5/c1-2-3-6-20-18(23)19(24)21-12-15(22-7-9-25-10-8-22)14-4-5-16-17(11-14)27-13-26-16/h4-5,11,15H,2-3,6-10,12-13H2,1H3,(H,20,23)(H,21,24)/t15-/m0/s1. The minimum absolute atomic E-state index is 0.0733. The number of carbonyl (C=O) groups is 2. The van der Waals surface area contributed by atoms with Crippen molar-refractivity contribution in [2.24, 2.45) is 0 Å². The van der Waals surface area contributed by atoms with Gasteiger partial charge < -0.3 is 24.8 Å². The number of amides is 2. The lowest BCUT2D eigenvalue weighted by Crippen LogP contribution is -2.46. The second-order valence-electron chi connectivity index (χ2n) is 6.60. The molecule has 148 valence electrons. The van der Waals surface area contributed by atoms with Gasteiger partial charge in [-0.25, -0.2) is 0 Å². The number of ether oxygens (including phenoxy) is 3. The quantitative estimate of drug-likeness (QED) is 0.540. The molecule has 8 nitrogen and oxygen atoms in total. The van der Waals surface area contributed by atoms with Crippen LogP contribution in [0.3, 0.4) is 0 Å². The zero-order valence-corrected chi connectivity index (χ0v) is 15.7. The summed E-state index contributed by atoms with van der Waals surface area (Å²) in [5.74, 6) is 0.230. The molecule has 0 radical (unpaired) electrons. The van der Waals surface area contributed by atoms with E-state index in [-0.39, 0.29) is 12.8 Å². The van der Waals surface area contributed by atoms with Gasteiger partial charge in [-0.3, -0.25) is 14.5 Å². The summed E-state index contributed by atoms with van der Waals surface area (Å²) in [4.78, 5) is 26.3. The van der Waals surface area contributed by atoms with Crippen LogP contribution in [0.5, 0.6) is 11.5 Å². The third-order valence-corrected chi connectivity index (χ3v) is 4.75. The summed E-state index contributed by atoms with van der Waals surface area (Å²) in [6, 6.07) is 5.72. The number of hydrogen-bond acceptors (Lipinski definition) is 6. The predicted octanol–water partition coefficient (Wildman–Crippen LogP) is 0.821. The molecule has 1 fully saturated rings. The number of nitrogens with zero attached hydrogens (tertiary/aromatic N) is 1. The van der Waals surface area contributed by atoms with Crippen molar-refractivity contribution >= 4 is 11.8 Å². The van der Waals surface area contributed by atoms with E-state index >= 15 is 0 Å². The molecule has 27 heavy (non-hydrogen) atoms. The van der Waals surface area contributed by atoms with Crippen LogP contribution in [0.25, 0.3) is 0 Å². The van der Waals surface area contributed by atoms with Crippen molar-refractivity contribution in [2.45, 2.75) is 25.8 Å². The van der Waals surface area contributed by atoms with Gasteiger partial charge in [0.25, 0.3) is 0 Å². The van der Waals surface area contributed by atoms with Gasteiger partial charge in [0.05, 0.1) is 19.3 Å². The van der Waals surface area contributed by atoms with Crippen LogP contribution in [0.15, 0.2) is 18.2 Å². The van der Waals surface area contributed by atoms with Gasteiger partial charge in [-0.05, 0) is 24.1 Å². The molecule has 0 spiro atoms. The molecular weight excluding hydrogens is 350 g/mol. The number of hydrogen-bond donors (Lipinski definition) is 2. The van der Waals surface area contributed by atoms with Crippen molar-refractivity contribution in [1.29, 1.82) is 0 Å². The van der Waals surface area contributed by atoms with Gasteiger partial charge in [0.1, 0.15) is 0 Å². The number of fused-ring (bicyclic) bond motifs is 1. The zero-order chi connectivity index (χ0) is 19.1. The maximum absolute atomic E-state index is 12.1. The van der Waals surface area contributed by atoms with Crippen molar-refractivity contribution in [3.05, 3.63) is 23.8 Å². The molecule has 1 aromatic rings. The maximum atomic E-state index is 12.1. The Morgan fingerprint density at radius 3 is 2.63 bits per heavy atom. The molecule has 0 saturated carbocycles. The summed E-state index contributed by atoms with van der Waals surface area (Å²) >= 11 is 0. The highest BCUT2D eigenvalue weighted by Crippen LogP contribution is 2.35. The first-order valence-corrected chi connectivity index (χ1v) is 9.46. The van der Waals surface area contributed by atoms with Crippen LogP contribution in [0.2, 0.25) is 0 Å². The SMILES string of the molecule is CCCCNC(=O)C(=O)NC[C@@H](c1ccc2c(c1)OCO2)N1CCOCC1. The van der Waals surface area contributed by atoms with E-state index in [1.807, 2.05) is 25.1 Å². The lowest BCUT2D eigenvalue weighted by atomic mass is 10.0. The van der Waals surface area contributed by atoms with E-state index in [0.717, 1.165) is 37.2 Å². The smallest absolute Gasteiger partial charge is 0.309 e. The number of rotatable bonds is 7. The first kappa shape index (κ1) is 19.4. The van der Waals surface area contributed by atoms with Crippen LogP contribution in [0.4, 0.5) is 0 Å². The lowest BCUT2D eigenvalue weighted by Gasteiger charge is -2.34. The van der Waals surface area contributed by atoms with Gasteiger partial charge >= 0.3 is 11.8 Å². The highest BCUT2D eigenvalue weighted by atomic mass is 16.7. The third kappa shape index (κ3) is 5.11. The molecular formula is C19H27N3O5. The largest absolute Gasteiger partial charge is 0.454 e. The Kier molecular flexibility index (Phi) is 6.89. The minimum Gasteiger partial charge on any atom is -0.454 e. The second-order valence-corrected chi connectivity index (χ2v) is 6.60. The molecule has 2 aliphatic heterocycles. The molecule has 0 aromatic heterocycles. The Balaban J connectivity index is 1.65. The molecule has 0 aliphatic carbocycles. The van der Waals surface area contributed by atoms with Crippen LogP contribution < -0.4 is 20.1 Å². The van der Waals surface area contributed by atoms with Crippen molar-refractivity contribution < 1.29 is 23.8 Å². The van der Waals surface area contributed by atoms with Gasteiger partial charge in [0.2, 0.25) is 6.79 Å². The predicted molar refractivity (Wildman–Crippen MR) is 98.6 cm³/mol. The molecule has 0 bridgehead atoms. The Hall–Kier alpha value is -2.32. The average molecular weight is 377 g/mol. The first-order chi connectivity index (χ1) is 13.2. The Morgan fingerprint density at radius 2 is 1.85 bits per heavy atom.